The third-order valence-electron chi connectivity index (χ3n) is 6.35. The molecule has 27 heavy (non-hydrogen) atoms. The second-order valence-corrected chi connectivity index (χ2v) is 7.92. The summed E-state index contributed by atoms with van der Waals surface area (Å²) in [5.74, 6) is 0.899. The van der Waals surface area contributed by atoms with Crippen LogP contribution in [0.4, 0.5) is 0 Å². The fraction of sp³-hybridized carbons (Fsp3) is 0.524. The Hall–Kier alpha value is -2.50. The van der Waals surface area contributed by atoms with Crippen molar-refractivity contribution < 1.29 is 14.3 Å². The number of rotatable bonds is 2. The number of carbonyl (C=O) groups is 2. The summed E-state index contributed by atoms with van der Waals surface area (Å²) in [7, 11) is 1.64. The van der Waals surface area contributed by atoms with Crippen LogP contribution in [0.1, 0.15) is 50.0 Å². The van der Waals surface area contributed by atoms with Crippen LogP contribution in [0.15, 0.2) is 24.3 Å². The summed E-state index contributed by atoms with van der Waals surface area (Å²) in [6.07, 6.45) is 3.75. The van der Waals surface area contributed by atoms with Gasteiger partial charge in [-0.05, 0) is 56.9 Å². The largest absolute Gasteiger partial charge is 0.497 e. The van der Waals surface area contributed by atoms with Crippen LogP contribution < -0.4 is 4.74 Å². The molecular weight excluding hydrogens is 342 g/mol. The lowest BCUT2D eigenvalue weighted by atomic mass is 9.76. The molecule has 0 unspecified atom stereocenters. The highest BCUT2D eigenvalue weighted by Gasteiger charge is 2.49. The van der Waals surface area contributed by atoms with Gasteiger partial charge >= 0.3 is 0 Å². The minimum Gasteiger partial charge on any atom is -0.497 e. The van der Waals surface area contributed by atoms with Gasteiger partial charge in [0.25, 0.3) is 5.91 Å². The molecule has 2 fully saturated rings. The second-order valence-electron chi connectivity index (χ2n) is 7.92. The van der Waals surface area contributed by atoms with E-state index in [0.717, 1.165) is 55.4 Å². The minimum atomic E-state index is -0.271. The van der Waals surface area contributed by atoms with Crippen LogP contribution in [0.25, 0.3) is 10.9 Å². The average Bonchev–Trinajstić information content (AvgIpc) is 3.08. The third kappa shape index (κ3) is 2.87. The monoisotopic (exact) mass is 369 g/mol. The predicted molar refractivity (Wildman–Crippen MR) is 104 cm³/mol. The summed E-state index contributed by atoms with van der Waals surface area (Å²) in [6, 6.07) is 7.72. The van der Waals surface area contributed by atoms with Gasteiger partial charge in [0.1, 0.15) is 11.4 Å². The Kier molecular flexibility index (Phi) is 4.36. The summed E-state index contributed by atoms with van der Waals surface area (Å²) in [5.41, 5.74) is 1.25. The van der Waals surface area contributed by atoms with E-state index in [1.807, 2.05) is 34.1 Å². The molecule has 6 nitrogen and oxygen atoms in total. The molecule has 0 aliphatic carbocycles. The summed E-state index contributed by atoms with van der Waals surface area (Å²) in [6.45, 7) is 5.31. The molecule has 2 amide bonds. The van der Waals surface area contributed by atoms with Gasteiger partial charge in [0.15, 0.2) is 0 Å². The molecule has 3 heterocycles. The molecule has 0 saturated carbocycles. The van der Waals surface area contributed by atoms with Crippen molar-refractivity contribution in [1.82, 2.24) is 14.8 Å². The molecule has 2 saturated heterocycles. The Morgan fingerprint density at radius 3 is 2.78 bits per heavy atom. The number of amides is 2. The molecule has 144 valence electrons. The molecule has 1 N–H and O–H groups in total. The Bertz CT molecular complexity index is 890. The van der Waals surface area contributed by atoms with Crippen molar-refractivity contribution in [3.8, 4) is 5.75 Å². The van der Waals surface area contributed by atoms with Gasteiger partial charge < -0.3 is 19.5 Å². The third-order valence-corrected chi connectivity index (χ3v) is 6.35. The van der Waals surface area contributed by atoms with E-state index in [9.17, 15) is 9.59 Å². The van der Waals surface area contributed by atoms with Crippen molar-refractivity contribution in [1.29, 1.82) is 0 Å². The first-order valence-corrected chi connectivity index (χ1v) is 9.70. The number of nitrogens with zero attached hydrogens (tertiary/aromatic N) is 2. The number of carbonyl (C=O) groups excluding carboxylic acids is 2. The maximum absolute atomic E-state index is 13.4. The van der Waals surface area contributed by atoms with E-state index in [1.54, 1.807) is 14.0 Å². The number of aromatic nitrogens is 1. The fourth-order valence-electron chi connectivity index (χ4n) is 5.01. The standard InChI is InChI=1S/C21H27N3O3/c1-14(25)24-11-4-6-19-21(24,2)9-5-10-23(19)20(26)18-13-15-12-16(27-3)7-8-17(15)22-18/h7-8,12-13,19,22H,4-6,9-11H2,1-3H3/t19-,21+/m1/s1. The van der Waals surface area contributed by atoms with Crippen LogP contribution in [-0.2, 0) is 4.79 Å². The Labute approximate surface area is 159 Å². The van der Waals surface area contributed by atoms with Gasteiger partial charge in [-0.1, -0.05) is 0 Å². The lowest BCUT2D eigenvalue weighted by Crippen LogP contribution is -2.68. The van der Waals surface area contributed by atoms with E-state index in [4.69, 9.17) is 4.74 Å². The van der Waals surface area contributed by atoms with Crippen LogP contribution in [0.5, 0.6) is 5.75 Å². The van der Waals surface area contributed by atoms with Crippen molar-refractivity contribution in [3.05, 3.63) is 30.0 Å². The number of hydrogen-bond donors (Lipinski definition) is 1. The van der Waals surface area contributed by atoms with Crippen LogP contribution in [0.3, 0.4) is 0 Å². The highest BCUT2D eigenvalue weighted by atomic mass is 16.5. The zero-order chi connectivity index (χ0) is 19.2. The summed E-state index contributed by atoms with van der Waals surface area (Å²) >= 11 is 0. The molecule has 2 aromatic rings. The van der Waals surface area contributed by atoms with Gasteiger partial charge in [-0.25, -0.2) is 0 Å². The number of benzene rings is 1. The van der Waals surface area contributed by atoms with E-state index in [1.165, 1.54) is 0 Å². The molecule has 2 aliphatic heterocycles. The van der Waals surface area contributed by atoms with Gasteiger partial charge in [0.2, 0.25) is 5.91 Å². The quantitative estimate of drug-likeness (QED) is 0.884. The van der Waals surface area contributed by atoms with Gasteiger partial charge in [0, 0.05) is 30.9 Å². The van der Waals surface area contributed by atoms with Crippen molar-refractivity contribution in [2.45, 2.75) is 51.1 Å². The smallest absolute Gasteiger partial charge is 0.270 e. The number of likely N-dealkylation sites (tertiary alicyclic amines) is 2. The summed E-state index contributed by atoms with van der Waals surface area (Å²) in [4.78, 5) is 32.8. The molecule has 2 aliphatic rings. The molecule has 4 rings (SSSR count). The Morgan fingerprint density at radius 2 is 2.04 bits per heavy atom. The molecular formula is C21H27N3O3. The Balaban J connectivity index is 1.66. The van der Waals surface area contributed by atoms with Gasteiger partial charge in [-0.2, -0.15) is 0 Å². The first-order valence-electron chi connectivity index (χ1n) is 9.70. The van der Waals surface area contributed by atoms with Crippen LogP contribution in [0, 0.1) is 0 Å². The van der Waals surface area contributed by atoms with Crippen LogP contribution in [-0.4, -0.2) is 58.4 Å². The number of nitrogens with one attached hydrogen (secondary N) is 1. The predicted octanol–water partition coefficient (Wildman–Crippen LogP) is 3.18. The number of piperidine rings is 2. The van der Waals surface area contributed by atoms with E-state index in [0.29, 0.717) is 5.69 Å². The van der Waals surface area contributed by atoms with Crippen molar-refractivity contribution in [2.75, 3.05) is 20.2 Å². The minimum absolute atomic E-state index is 0.0199. The zero-order valence-electron chi connectivity index (χ0n) is 16.2. The number of methoxy groups -OCH3 is 1. The first-order chi connectivity index (χ1) is 12.9. The lowest BCUT2D eigenvalue weighted by molar-refractivity contribution is -0.143. The second kappa shape index (κ2) is 6.59. The molecule has 2 atom stereocenters. The highest BCUT2D eigenvalue weighted by Crippen LogP contribution is 2.39. The first kappa shape index (κ1) is 17.9. The van der Waals surface area contributed by atoms with Crippen LogP contribution >= 0.6 is 0 Å². The van der Waals surface area contributed by atoms with Crippen molar-refractivity contribution in [3.63, 3.8) is 0 Å². The average molecular weight is 369 g/mol. The number of ether oxygens (including phenoxy) is 1. The van der Waals surface area contributed by atoms with E-state index in [-0.39, 0.29) is 23.4 Å². The van der Waals surface area contributed by atoms with Crippen molar-refractivity contribution >= 4 is 22.7 Å². The number of H-pyrrole nitrogens is 1. The highest BCUT2D eigenvalue weighted by molar-refractivity contribution is 5.98. The van der Waals surface area contributed by atoms with E-state index < -0.39 is 0 Å². The van der Waals surface area contributed by atoms with Gasteiger partial charge in [0.05, 0.1) is 18.7 Å². The topological polar surface area (TPSA) is 65.6 Å². The van der Waals surface area contributed by atoms with Gasteiger partial charge in [-0.15, -0.1) is 0 Å². The fourth-order valence-corrected chi connectivity index (χ4v) is 5.01. The van der Waals surface area contributed by atoms with Crippen LogP contribution in [0.2, 0.25) is 0 Å². The lowest BCUT2D eigenvalue weighted by Gasteiger charge is -2.56. The van der Waals surface area contributed by atoms with Crippen molar-refractivity contribution in [2.24, 2.45) is 0 Å². The Morgan fingerprint density at radius 1 is 1.22 bits per heavy atom. The molecule has 1 aromatic heterocycles. The van der Waals surface area contributed by atoms with Gasteiger partial charge in [-0.3, -0.25) is 9.59 Å². The molecule has 0 spiro atoms. The molecule has 0 radical (unpaired) electrons. The molecule has 6 heteroatoms. The van der Waals surface area contributed by atoms with E-state index in [2.05, 4.69) is 11.9 Å². The maximum Gasteiger partial charge on any atom is 0.270 e. The number of hydrogen-bond acceptors (Lipinski definition) is 3. The zero-order valence-corrected chi connectivity index (χ0v) is 16.2. The normalized spacial score (nSPS) is 25.4. The maximum atomic E-state index is 13.4. The molecule has 1 aromatic carbocycles. The summed E-state index contributed by atoms with van der Waals surface area (Å²) in [5, 5.41) is 0.964. The number of aromatic amines is 1. The van der Waals surface area contributed by atoms with E-state index >= 15 is 0 Å². The summed E-state index contributed by atoms with van der Waals surface area (Å²) < 4.78 is 5.28. The molecule has 0 bridgehead atoms. The SMILES string of the molecule is COc1ccc2[nH]c(C(=O)N3CCC[C@@]4(C)[C@H]3CCCN4C(C)=O)cc2c1. The number of fused-ring (bicyclic) bond motifs is 2.